The quantitative estimate of drug-likeness (QED) is 0.610. The predicted octanol–water partition coefficient (Wildman–Crippen LogP) is 1.42. The number of benzene rings is 1. The Morgan fingerprint density at radius 1 is 1.39 bits per heavy atom. The molecule has 0 saturated heterocycles. The molecule has 0 radical (unpaired) electrons. The van der Waals surface area contributed by atoms with Crippen LogP contribution in [0.4, 0.5) is 0 Å². The molecule has 0 fully saturated rings. The Balaban J connectivity index is 2.43. The van der Waals surface area contributed by atoms with Gasteiger partial charge in [0.2, 0.25) is 0 Å². The summed E-state index contributed by atoms with van der Waals surface area (Å²) in [5.41, 5.74) is 18.3. The maximum Gasteiger partial charge on any atom is 0.264 e. The number of primary amides is 1. The molecule has 1 amide bonds. The molecule has 8 heteroatoms. The highest BCUT2D eigenvalue weighted by molar-refractivity contribution is 6.33. The van der Waals surface area contributed by atoms with E-state index in [-0.39, 0.29) is 11.7 Å². The van der Waals surface area contributed by atoms with E-state index >= 15 is 0 Å². The highest BCUT2D eigenvalue weighted by atomic mass is 35.5. The first-order chi connectivity index (χ1) is 10.8. The van der Waals surface area contributed by atoms with Crippen LogP contribution in [0.15, 0.2) is 41.5 Å². The number of allylic oxidation sites excluding steroid dienone is 1. The molecule has 0 aliphatic carbocycles. The third kappa shape index (κ3) is 3.83. The Morgan fingerprint density at radius 2 is 2.09 bits per heavy atom. The molecule has 1 aliphatic heterocycles. The fourth-order valence-corrected chi connectivity index (χ4v) is 2.92. The molecule has 0 bridgehead atoms. The van der Waals surface area contributed by atoms with Gasteiger partial charge in [-0.05, 0) is 36.8 Å². The van der Waals surface area contributed by atoms with Gasteiger partial charge in [0, 0.05) is 23.1 Å². The maximum atomic E-state index is 11.2. The molecule has 1 aromatic carbocycles. The smallest absolute Gasteiger partial charge is 0.264 e. The lowest BCUT2D eigenvalue weighted by Gasteiger charge is -2.37. The van der Waals surface area contributed by atoms with Crippen LogP contribution in [0.25, 0.3) is 0 Å². The summed E-state index contributed by atoms with van der Waals surface area (Å²) in [6.45, 7) is 3.29. The second kappa shape index (κ2) is 7.02. The fraction of sp³-hybridized carbons (Fsp3) is 0.267. The number of amides is 1. The van der Waals surface area contributed by atoms with Crippen LogP contribution in [0.1, 0.15) is 18.5 Å². The van der Waals surface area contributed by atoms with Gasteiger partial charge in [0.25, 0.3) is 5.91 Å². The third-order valence-corrected chi connectivity index (χ3v) is 4.29. The summed E-state index contributed by atoms with van der Waals surface area (Å²) >= 11 is 12.4. The van der Waals surface area contributed by atoms with Crippen molar-refractivity contribution in [2.75, 3.05) is 13.1 Å². The highest BCUT2D eigenvalue weighted by Crippen LogP contribution is 2.33. The molecule has 6 nitrogen and oxygen atoms in total. The number of rotatable bonds is 4. The van der Waals surface area contributed by atoms with Crippen LogP contribution >= 0.6 is 23.2 Å². The van der Waals surface area contributed by atoms with Gasteiger partial charge >= 0.3 is 0 Å². The van der Waals surface area contributed by atoms with E-state index < -0.39 is 5.91 Å². The average Bonchev–Trinajstić information content (AvgIpc) is 2.50. The van der Waals surface area contributed by atoms with Crippen molar-refractivity contribution in [1.82, 2.24) is 10.2 Å². The molecule has 1 unspecified atom stereocenters. The lowest BCUT2D eigenvalue weighted by molar-refractivity contribution is -0.114. The van der Waals surface area contributed by atoms with E-state index in [0.717, 1.165) is 5.56 Å². The van der Waals surface area contributed by atoms with E-state index in [4.69, 9.17) is 40.4 Å². The third-order valence-electron chi connectivity index (χ3n) is 3.71. The van der Waals surface area contributed by atoms with Gasteiger partial charge in [0.15, 0.2) is 0 Å². The normalized spacial score (nSPS) is 17.0. The van der Waals surface area contributed by atoms with Crippen LogP contribution < -0.4 is 22.5 Å². The Hall–Kier alpha value is -2.05. The van der Waals surface area contributed by atoms with Crippen molar-refractivity contribution in [2.24, 2.45) is 17.2 Å². The molecule has 2 rings (SSSR count). The molecular formula is C15H19Cl2N5O. The van der Waals surface area contributed by atoms with Crippen LogP contribution in [0.5, 0.6) is 0 Å². The monoisotopic (exact) mass is 355 g/mol. The Bertz CT molecular complexity index is 686. The Labute approximate surface area is 144 Å². The minimum atomic E-state index is -0.704. The number of hydrogen-bond donors (Lipinski definition) is 4. The number of halogens is 2. The molecule has 1 aliphatic rings. The average molecular weight is 356 g/mol. The summed E-state index contributed by atoms with van der Waals surface area (Å²) in [6, 6.07) is 5.17. The second-order valence-corrected chi connectivity index (χ2v) is 6.07. The van der Waals surface area contributed by atoms with Crippen LogP contribution in [-0.4, -0.2) is 23.9 Å². The molecule has 1 heterocycles. The van der Waals surface area contributed by atoms with E-state index in [1.807, 2.05) is 17.9 Å². The molecular weight excluding hydrogens is 337 g/mol. The molecule has 124 valence electrons. The van der Waals surface area contributed by atoms with Gasteiger partial charge in [-0.25, -0.2) is 0 Å². The first-order valence-electron chi connectivity index (χ1n) is 7.03. The van der Waals surface area contributed by atoms with Crippen LogP contribution in [0.3, 0.4) is 0 Å². The van der Waals surface area contributed by atoms with Gasteiger partial charge in [0.1, 0.15) is 5.82 Å². The van der Waals surface area contributed by atoms with Crippen molar-refractivity contribution >= 4 is 29.1 Å². The SMILES string of the molecule is CC(c1cc(Cl)ccc1Cl)N1CCNC(N)=C1/C=C(\N)C(N)=O. The second-order valence-electron chi connectivity index (χ2n) is 5.22. The summed E-state index contributed by atoms with van der Waals surface area (Å²) in [6.07, 6.45) is 1.47. The van der Waals surface area contributed by atoms with Gasteiger partial charge in [-0.1, -0.05) is 23.2 Å². The number of nitrogens with zero attached hydrogens (tertiary/aromatic N) is 1. The van der Waals surface area contributed by atoms with Crippen molar-refractivity contribution in [3.8, 4) is 0 Å². The van der Waals surface area contributed by atoms with Crippen molar-refractivity contribution in [1.29, 1.82) is 0 Å². The molecule has 0 spiro atoms. The van der Waals surface area contributed by atoms with Crippen molar-refractivity contribution < 1.29 is 4.79 Å². The molecule has 1 aromatic rings. The summed E-state index contributed by atoms with van der Waals surface area (Å²) in [4.78, 5) is 13.2. The first kappa shape index (κ1) is 17.3. The van der Waals surface area contributed by atoms with E-state index in [9.17, 15) is 4.79 Å². The lowest BCUT2D eigenvalue weighted by Crippen LogP contribution is -2.43. The molecule has 0 aromatic heterocycles. The molecule has 1 atom stereocenters. The number of hydrogen-bond acceptors (Lipinski definition) is 5. The highest BCUT2D eigenvalue weighted by Gasteiger charge is 2.25. The van der Waals surface area contributed by atoms with E-state index in [0.29, 0.717) is 34.7 Å². The number of nitrogens with one attached hydrogen (secondary N) is 1. The Kier molecular flexibility index (Phi) is 5.28. The topological polar surface area (TPSA) is 110 Å². The van der Waals surface area contributed by atoms with E-state index in [1.54, 1.807) is 12.1 Å². The van der Waals surface area contributed by atoms with Crippen LogP contribution in [0.2, 0.25) is 10.0 Å². The minimum absolute atomic E-state index is 0.0685. The van der Waals surface area contributed by atoms with Gasteiger partial charge in [-0.15, -0.1) is 0 Å². The van der Waals surface area contributed by atoms with Crippen LogP contribution in [-0.2, 0) is 4.79 Å². The van der Waals surface area contributed by atoms with Crippen molar-refractivity contribution in [2.45, 2.75) is 13.0 Å². The number of nitrogens with two attached hydrogens (primary N) is 3. The van der Waals surface area contributed by atoms with Gasteiger partial charge < -0.3 is 27.4 Å². The summed E-state index contributed by atoms with van der Waals surface area (Å²) in [7, 11) is 0. The van der Waals surface area contributed by atoms with Gasteiger partial charge in [-0.3, -0.25) is 4.79 Å². The largest absolute Gasteiger partial charge is 0.394 e. The predicted molar refractivity (Wildman–Crippen MR) is 92.3 cm³/mol. The molecule has 0 saturated carbocycles. The minimum Gasteiger partial charge on any atom is -0.394 e. The summed E-state index contributed by atoms with van der Waals surface area (Å²) in [5.74, 6) is -0.283. The maximum absolute atomic E-state index is 11.2. The number of carbonyl (C=O) groups is 1. The number of carbonyl (C=O) groups excluding carboxylic acids is 1. The van der Waals surface area contributed by atoms with E-state index in [1.165, 1.54) is 6.08 Å². The Morgan fingerprint density at radius 3 is 2.74 bits per heavy atom. The van der Waals surface area contributed by atoms with Crippen molar-refractivity contribution in [3.05, 3.63) is 57.1 Å². The van der Waals surface area contributed by atoms with E-state index in [2.05, 4.69) is 5.32 Å². The van der Waals surface area contributed by atoms with Gasteiger partial charge in [-0.2, -0.15) is 0 Å². The zero-order valence-electron chi connectivity index (χ0n) is 12.6. The zero-order valence-corrected chi connectivity index (χ0v) is 14.2. The molecule has 23 heavy (non-hydrogen) atoms. The lowest BCUT2D eigenvalue weighted by atomic mass is 10.0. The summed E-state index contributed by atoms with van der Waals surface area (Å²) < 4.78 is 0. The molecule has 7 N–H and O–H groups in total. The zero-order chi connectivity index (χ0) is 17.1. The van der Waals surface area contributed by atoms with Crippen LogP contribution in [0, 0.1) is 0 Å². The standard InChI is InChI=1S/C15H19Cl2N5O/c1-8(10-6-9(16)2-3-11(10)17)22-5-4-21-14(19)13(22)7-12(18)15(20)23/h2-3,6-8,21H,4-5,18-19H2,1H3,(H2,20,23)/b12-7-. The van der Waals surface area contributed by atoms with Crippen molar-refractivity contribution in [3.63, 3.8) is 0 Å². The first-order valence-corrected chi connectivity index (χ1v) is 7.79. The van der Waals surface area contributed by atoms with Gasteiger partial charge in [0.05, 0.1) is 17.4 Å². The summed E-state index contributed by atoms with van der Waals surface area (Å²) in [5, 5.41) is 4.24. The fourth-order valence-electron chi connectivity index (χ4n) is 2.46.